The van der Waals surface area contributed by atoms with Crippen molar-refractivity contribution in [3.8, 4) is 22.9 Å². The van der Waals surface area contributed by atoms with Crippen molar-refractivity contribution in [1.29, 1.82) is 0 Å². The van der Waals surface area contributed by atoms with E-state index in [1.165, 1.54) is 12.1 Å². The SMILES string of the molecule is C.Cc1ccc(-c2nc3cc4nc(C)oc4cc3o2)c(S(=O)(=O)O)c1.Cc1ccc(-c2nc3cc4oc(C)nc4cc3o2)c(S(=O)(=O)O)c1. The fraction of sp³-hybridized carbons (Fsp3) is 0.152. The maximum Gasteiger partial charge on any atom is 0.295 e. The molecule has 2 N–H and O–H groups in total. The monoisotopic (exact) mass is 704 g/mol. The minimum Gasteiger partial charge on any atom is -0.441 e. The van der Waals surface area contributed by atoms with Crippen molar-refractivity contribution in [3.05, 3.63) is 83.6 Å². The van der Waals surface area contributed by atoms with Gasteiger partial charge in [-0.3, -0.25) is 9.11 Å². The lowest BCUT2D eigenvalue weighted by molar-refractivity contribution is 0.480. The van der Waals surface area contributed by atoms with Crippen molar-refractivity contribution in [1.82, 2.24) is 19.9 Å². The molecule has 8 aromatic rings. The van der Waals surface area contributed by atoms with Gasteiger partial charge in [-0.15, -0.1) is 0 Å². The Balaban J connectivity index is 0.000000167. The van der Waals surface area contributed by atoms with Gasteiger partial charge in [0.05, 0.1) is 11.1 Å². The van der Waals surface area contributed by atoms with E-state index in [1.54, 1.807) is 76.2 Å². The maximum absolute atomic E-state index is 11.6. The Morgan fingerprint density at radius 2 is 0.857 bits per heavy atom. The van der Waals surface area contributed by atoms with Crippen LogP contribution in [0.5, 0.6) is 0 Å². The van der Waals surface area contributed by atoms with Gasteiger partial charge in [-0.2, -0.15) is 16.8 Å². The molecule has 0 saturated carbocycles. The first-order valence-electron chi connectivity index (χ1n) is 14.1. The molecule has 252 valence electrons. The number of rotatable bonds is 4. The summed E-state index contributed by atoms with van der Waals surface area (Å²) >= 11 is 0. The van der Waals surface area contributed by atoms with E-state index in [-0.39, 0.29) is 40.1 Å². The van der Waals surface area contributed by atoms with Crippen LogP contribution in [0.15, 0.2) is 88.1 Å². The number of aryl methyl sites for hydroxylation is 4. The second kappa shape index (κ2) is 11.9. The first-order valence-corrected chi connectivity index (χ1v) is 17.0. The van der Waals surface area contributed by atoms with Crippen molar-refractivity contribution < 1.29 is 43.6 Å². The normalized spacial score (nSPS) is 12.0. The third kappa shape index (κ3) is 6.41. The minimum atomic E-state index is -4.41. The Bertz CT molecular complexity index is 2500. The Morgan fingerprint density at radius 3 is 1.33 bits per heavy atom. The summed E-state index contributed by atoms with van der Waals surface area (Å²) in [6.07, 6.45) is 0. The topological polar surface area (TPSA) is 213 Å². The maximum atomic E-state index is 11.6. The zero-order valence-corrected chi connectivity index (χ0v) is 27.2. The van der Waals surface area contributed by atoms with Gasteiger partial charge in [-0.05, 0) is 55.3 Å². The summed E-state index contributed by atoms with van der Waals surface area (Å²) in [4.78, 5) is 16.6. The number of aromatic nitrogens is 4. The van der Waals surface area contributed by atoms with E-state index in [1.807, 2.05) is 0 Å². The van der Waals surface area contributed by atoms with E-state index < -0.39 is 20.2 Å². The third-order valence-corrected chi connectivity index (χ3v) is 9.09. The highest BCUT2D eigenvalue weighted by atomic mass is 32.2. The van der Waals surface area contributed by atoms with E-state index in [0.717, 1.165) is 0 Å². The predicted octanol–water partition coefficient (Wildman–Crippen LogP) is 7.64. The molecule has 8 rings (SSSR count). The molecule has 14 nitrogen and oxygen atoms in total. The molecule has 16 heteroatoms. The molecule has 4 heterocycles. The van der Waals surface area contributed by atoms with Crippen LogP contribution in [-0.2, 0) is 20.2 Å². The fourth-order valence-corrected chi connectivity index (χ4v) is 6.74. The summed E-state index contributed by atoms with van der Waals surface area (Å²) in [5.41, 5.74) is 6.09. The van der Waals surface area contributed by atoms with Crippen LogP contribution in [0.2, 0.25) is 0 Å². The third-order valence-electron chi connectivity index (χ3n) is 7.30. The first-order chi connectivity index (χ1) is 22.6. The lowest BCUT2D eigenvalue weighted by Gasteiger charge is -2.04. The van der Waals surface area contributed by atoms with E-state index in [9.17, 15) is 25.9 Å². The molecule has 4 aromatic heterocycles. The van der Waals surface area contributed by atoms with Crippen LogP contribution >= 0.6 is 0 Å². The van der Waals surface area contributed by atoms with Gasteiger partial charge in [0, 0.05) is 32.0 Å². The summed E-state index contributed by atoms with van der Waals surface area (Å²) in [6, 6.07) is 16.0. The number of oxazole rings is 4. The molecule has 0 fully saturated rings. The summed E-state index contributed by atoms with van der Waals surface area (Å²) in [7, 11) is -8.81. The van der Waals surface area contributed by atoms with Crippen LogP contribution in [-0.4, -0.2) is 45.9 Å². The molecule has 0 amide bonds. The summed E-state index contributed by atoms with van der Waals surface area (Å²) in [5, 5.41) is 0. The number of fused-ring (bicyclic) bond motifs is 4. The molecule has 49 heavy (non-hydrogen) atoms. The summed E-state index contributed by atoms with van der Waals surface area (Å²) < 4.78 is 87.7. The lowest BCUT2D eigenvalue weighted by atomic mass is 10.1. The molecular weight excluding hydrogens is 677 g/mol. The molecule has 0 spiro atoms. The summed E-state index contributed by atoms with van der Waals surface area (Å²) in [5.74, 6) is 1.26. The van der Waals surface area contributed by atoms with E-state index in [4.69, 9.17) is 17.7 Å². The molecular formula is C33H28N4O10S2. The van der Waals surface area contributed by atoms with Gasteiger partial charge >= 0.3 is 0 Å². The highest BCUT2D eigenvalue weighted by molar-refractivity contribution is 7.86. The predicted molar refractivity (Wildman–Crippen MR) is 179 cm³/mol. The Morgan fingerprint density at radius 1 is 0.490 bits per heavy atom. The zero-order valence-electron chi connectivity index (χ0n) is 25.5. The van der Waals surface area contributed by atoms with Crippen molar-refractivity contribution in [2.45, 2.75) is 44.9 Å². The molecule has 4 aromatic carbocycles. The number of nitrogens with zero attached hydrogens (tertiary/aromatic N) is 4. The summed E-state index contributed by atoms with van der Waals surface area (Å²) in [6.45, 7) is 6.94. The van der Waals surface area contributed by atoms with E-state index in [0.29, 0.717) is 67.3 Å². The fourth-order valence-electron chi connectivity index (χ4n) is 5.20. The van der Waals surface area contributed by atoms with Crippen LogP contribution < -0.4 is 0 Å². The van der Waals surface area contributed by atoms with E-state index >= 15 is 0 Å². The van der Waals surface area contributed by atoms with Crippen LogP contribution in [0.25, 0.3) is 67.3 Å². The van der Waals surface area contributed by atoms with Gasteiger partial charge in [-0.1, -0.05) is 19.6 Å². The van der Waals surface area contributed by atoms with Crippen LogP contribution in [0.3, 0.4) is 0 Å². The Hall–Kier alpha value is -5.42. The van der Waals surface area contributed by atoms with Gasteiger partial charge in [0.1, 0.15) is 31.9 Å². The first kappa shape index (κ1) is 33.5. The minimum absolute atomic E-state index is 0. The second-order valence-electron chi connectivity index (χ2n) is 11.0. The molecule has 0 saturated heterocycles. The molecule has 0 aliphatic carbocycles. The quantitative estimate of drug-likeness (QED) is 0.169. The highest BCUT2D eigenvalue weighted by Gasteiger charge is 2.23. The molecule has 0 aliphatic rings. The molecule has 0 aliphatic heterocycles. The van der Waals surface area contributed by atoms with Crippen molar-refractivity contribution >= 4 is 64.6 Å². The van der Waals surface area contributed by atoms with Crippen molar-refractivity contribution in [2.24, 2.45) is 0 Å². The van der Waals surface area contributed by atoms with Crippen molar-refractivity contribution in [3.63, 3.8) is 0 Å². The lowest BCUT2D eigenvalue weighted by Crippen LogP contribution is -2.01. The Labute approximate surface area is 278 Å². The smallest absolute Gasteiger partial charge is 0.295 e. The van der Waals surface area contributed by atoms with Gasteiger partial charge < -0.3 is 17.7 Å². The second-order valence-corrected chi connectivity index (χ2v) is 13.8. The number of benzene rings is 4. The van der Waals surface area contributed by atoms with E-state index in [2.05, 4.69) is 19.9 Å². The van der Waals surface area contributed by atoms with Crippen LogP contribution in [0.4, 0.5) is 0 Å². The highest BCUT2D eigenvalue weighted by Crippen LogP contribution is 2.34. The average Bonchev–Trinajstić information content (AvgIpc) is 3.77. The standard InChI is InChI=1S/2C16H12N2O5S.CH4/c1-8-3-4-10(15(5-8)24(19,20)21)16-18-12-7-13-11(6-14(12)23-16)17-9(2)22-13;1-8-3-4-10(15(5-8)24(19,20)21)16-18-12-6-11-13(7-14(12)23-16)22-9(2)17-11;/h2*3-7H,1-2H3,(H,19,20,21);1H4. The average molecular weight is 705 g/mol. The Kier molecular flexibility index (Phi) is 8.15. The van der Waals surface area contributed by atoms with Gasteiger partial charge in [-0.25, -0.2) is 19.9 Å². The number of hydrogen-bond acceptors (Lipinski definition) is 12. The molecule has 0 unspecified atom stereocenters. The van der Waals surface area contributed by atoms with Crippen molar-refractivity contribution in [2.75, 3.05) is 0 Å². The zero-order chi connectivity index (χ0) is 34.1. The van der Waals surface area contributed by atoms with Crippen LogP contribution in [0.1, 0.15) is 30.3 Å². The van der Waals surface area contributed by atoms with Crippen LogP contribution in [0, 0.1) is 27.7 Å². The molecule has 0 radical (unpaired) electrons. The van der Waals surface area contributed by atoms with Gasteiger partial charge in [0.25, 0.3) is 20.2 Å². The number of hydrogen-bond donors (Lipinski definition) is 2. The van der Waals surface area contributed by atoms with Gasteiger partial charge in [0.2, 0.25) is 11.8 Å². The van der Waals surface area contributed by atoms with Gasteiger partial charge in [0.15, 0.2) is 34.1 Å². The largest absolute Gasteiger partial charge is 0.441 e. The molecule has 0 bridgehead atoms. The molecule has 0 atom stereocenters.